The summed E-state index contributed by atoms with van der Waals surface area (Å²) in [5.41, 5.74) is 0.547. The lowest BCUT2D eigenvalue weighted by Crippen LogP contribution is -2.47. The fourth-order valence-electron chi connectivity index (χ4n) is 1.53. The molecule has 5 heteroatoms. The number of aliphatic hydroxyl groups excluding tert-OH is 1. The van der Waals surface area contributed by atoms with E-state index in [-0.39, 0.29) is 12.7 Å². The van der Waals surface area contributed by atoms with Crippen molar-refractivity contribution in [3.05, 3.63) is 11.6 Å². The van der Waals surface area contributed by atoms with Gasteiger partial charge in [0.15, 0.2) is 0 Å². The Morgan fingerprint density at radius 3 is 2.76 bits per heavy atom. The summed E-state index contributed by atoms with van der Waals surface area (Å²) in [7, 11) is 0. The van der Waals surface area contributed by atoms with Gasteiger partial charge in [-0.3, -0.25) is 0 Å². The van der Waals surface area contributed by atoms with Crippen molar-refractivity contribution in [2.45, 2.75) is 45.4 Å². The summed E-state index contributed by atoms with van der Waals surface area (Å²) < 4.78 is 10.5. The average molecular weight is 243 g/mol. The van der Waals surface area contributed by atoms with E-state index < -0.39 is 17.7 Å². The van der Waals surface area contributed by atoms with E-state index in [1.54, 1.807) is 20.8 Å². The molecule has 0 spiro atoms. The molecule has 17 heavy (non-hydrogen) atoms. The topological polar surface area (TPSA) is 67.8 Å². The van der Waals surface area contributed by atoms with E-state index in [2.05, 4.69) is 5.32 Å². The molecule has 1 aliphatic heterocycles. The number of carbonyl (C=O) groups excluding carboxylic acids is 1. The van der Waals surface area contributed by atoms with Crippen LogP contribution in [0.25, 0.3) is 0 Å². The maximum Gasteiger partial charge on any atom is 0.408 e. The van der Waals surface area contributed by atoms with Crippen LogP contribution in [-0.2, 0) is 9.47 Å². The summed E-state index contributed by atoms with van der Waals surface area (Å²) in [6, 6.07) is -0.470. The van der Waals surface area contributed by atoms with E-state index in [9.17, 15) is 9.90 Å². The van der Waals surface area contributed by atoms with Gasteiger partial charge in [-0.2, -0.15) is 0 Å². The molecule has 1 heterocycles. The van der Waals surface area contributed by atoms with Gasteiger partial charge in [0.1, 0.15) is 5.60 Å². The number of carbonyl (C=O) groups is 1. The highest BCUT2D eigenvalue weighted by atomic mass is 16.6. The number of hydrogen-bond donors (Lipinski definition) is 2. The molecule has 0 fully saturated rings. The first-order valence-corrected chi connectivity index (χ1v) is 5.71. The number of amides is 1. The van der Waals surface area contributed by atoms with Gasteiger partial charge in [0.25, 0.3) is 0 Å². The lowest BCUT2D eigenvalue weighted by atomic mass is 10.1. The summed E-state index contributed by atoms with van der Waals surface area (Å²) in [5, 5.41) is 11.8. The second kappa shape index (κ2) is 5.51. The third-order valence-corrected chi connectivity index (χ3v) is 2.25. The smallest absolute Gasteiger partial charge is 0.408 e. The molecule has 0 radical (unpaired) electrons. The van der Waals surface area contributed by atoms with Crippen molar-refractivity contribution in [3.63, 3.8) is 0 Å². The summed E-state index contributed by atoms with van der Waals surface area (Å²) in [4.78, 5) is 11.5. The molecule has 1 aliphatic rings. The van der Waals surface area contributed by atoms with Crippen molar-refractivity contribution in [2.24, 2.45) is 0 Å². The van der Waals surface area contributed by atoms with E-state index in [1.807, 2.05) is 13.0 Å². The first-order valence-electron chi connectivity index (χ1n) is 5.71. The van der Waals surface area contributed by atoms with Crippen LogP contribution in [0, 0.1) is 0 Å². The molecule has 0 aromatic carbocycles. The Morgan fingerprint density at radius 2 is 2.35 bits per heavy atom. The van der Waals surface area contributed by atoms with Crippen LogP contribution >= 0.6 is 0 Å². The van der Waals surface area contributed by atoms with Crippen LogP contribution in [-0.4, -0.2) is 42.2 Å². The van der Waals surface area contributed by atoms with Gasteiger partial charge in [0.05, 0.1) is 25.4 Å². The Kier molecular flexibility index (Phi) is 4.54. The summed E-state index contributed by atoms with van der Waals surface area (Å²) in [6.07, 6.45) is 1.07. The minimum atomic E-state index is -0.549. The zero-order chi connectivity index (χ0) is 13.1. The molecule has 98 valence electrons. The van der Waals surface area contributed by atoms with Gasteiger partial charge >= 0.3 is 6.09 Å². The van der Waals surface area contributed by atoms with E-state index in [4.69, 9.17) is 9.47 Å². The predicted octanol–water partition coefficient (Wildman–Crippen LogP) is 1.22. The molecule has 2 N–H and O–H groups in total. The Balaban J connectivity index is 2.50. The quantitative estimate of drug-likeness (QED) is 0.731. The Labute approximate surface area is 102 Å². The largest absolute Gasteiger partial charge is 0.444 e. The number of rotatable bonds is 3. The van der Waals surface area contributed by atoms with Gasteiger partial charge in [0.2, 0.25) is 0 Å². The monoisotopic (exact) mass is 243 g/mol. The van der Waals surface area contributed by atoms with E-state index in [0.717, 1.165) is 5.57 Å². The molecule has 0 bridgehead atoms. The molecular formula is C12H21NO4. The molecule has 0 saturated heterocycles. The number of hydrogen-bond acceptors (Lipinski definition) is 4. The minimum absolute atomic E-state index is 0.187. The van der Waals surface area contributed by atoms with E-state index in [1.165, 1.54) is 0 Å². The summed E-state index contributed by atoms with van der Waals surface area (Å²) in [5.74, 6) is 0. The van der Waals surface area contributed by atoms with Gasteiger partial charge in [0, 0.05) is 0 Å². The third kappa shape index (κ3) is 4.75. The molecular weight excluding hydrogens is 222 g/mol. The Morgan fingerprint density at radius 1 is 1.71 bits per heavy atom. The fourth-order valence-corrected chi connectivity index (χ4v) is 1.53. The van der Waals surface area contributed by atoms with Crippen LogP contribution in [0.15, 0.2) is 11.6 Å². The predicted molar refractivity (Wildman–Crippen MR) is 63.7 cm³/mol. The minimum Gasteiger partial charge on any atom is -0.444 e. The molecule has 0 unspecified atom stereocenters. The van der Waals surface area contributed by atoms with Gasteiger partial charge in [-0.15, -0.1) is 0 Å². The van der Waals surface area contributed by atoms with Crippen LogP contribution in [0.4, 0.5) is 4.79 Å². The third-order valence-electron chi connectivity index (χ3n) is 2.25. The zero-order valence-corrected chi connectivity index (χ0v) is 10.8. The van der Waals surface area contributed by atoms with Crippen molar-refractivity contribution in [1.29, 1.82) is 0 Å². The highest BCUT2D eigenvalue weighted by Crippen LogP contribution is 2.15. The van der Waals surface area contributed by atoms with Crippen molar-refractivity contribution in [1.82, 2.24) is 5.32 Å². The molecule has 0 saturated carbocycles. The average Bonchev–Trinajstić information content (AvgIpc) is 2.58. The van der Waals surface area contributed by atoms with E-state index >= 15 is 0 Å². The van der Waals surface area contributed by atoms with Crippen molar-refractivity contribution in [3.8, 4) is 0 Å². The van der Waals surface area contributed by atoms with Gasteiger partial charge < -0.3 is 19.9 Å². The number of nitrogens with one attached hydrogen (secondary N) is 1. The van der Waals surface area contributed by atoms with Gasteiger partial charge in [-0.25, -0.2) is 4.79 Å². The maximum absolute atomic E-state index is 11.5. The first kappa shape index (κ1) is 14.0. The molecule has 0 aromatic rings. The molecule has 5 nitrogen and oxygen atoms in total. The van der Waals surface area contributed by atoms with Crippen LogP contribution in [0.2, 0.25) is 0 Å². The van der Waals surface area contributed by atoms with Crippen LogP contribution in [0.1, 0.15) is 27.7 Å². The molecule has 1 amide bonds. The van der Waals surface area contributed by atoms with Crippen molar-refractivity contribution < 1.29 is 19.4 Å². The van der Waals surface area contributed by atoms with Crippen molar-refractivity contribution in [2.75, 3.05) is 13.2 Å². The van der Waals surface area contributed by atoms with Gasteiger partial charge in [-0.05, 0) is 33.3 Å². The highest BCUT2D eigenvalue weighted by molar-refractivity contribution is 5.68. The van der Waals surface area contributed by atoms with Crippen molar-refractivity contribution >= 4 is 6.09 Å². The zero-order valence-electron chi connectivity index (χ0n) is 10.8. The molecule has 1 rings (SSSR count). The second-order valence-electron chi connectivity index (χ2n) is 5.22. The highest BCUT2D eigenvalue weighted by Gasteiger charge is 2.27. The standard InChI is InChI=1S/C12H21NO4/c1-8-5-10(16-7-8)9(6-14)13-11(15)17-12(2,3)4/h5,9-10,14H,6-7H2,1-4H3,(H,13,15)/t9-,10-/m1/s1. The fraction of sp³-hybridized carbons (Fsp3) is 0.750. The lowest BCUT2D eigenvalue weighted by Gasteiger charge is -2.24. The molecule has 0 aromatic heterocycles. The summed E-state index contributed by atoms with van der Waals surface area (Å²) >= 11 is 0. The van der Waals surface area contributed by atoms with Gasteiger partial charge in [-0.1, -0.05) is 6.08 Å². The number of ether oxygens (including phenoxy) is 2. The normalized spacial score (nSPS) is 21.9. The lowest BCUT2D eigenvalue weighted by molar-refractivity contribution is 0.0324. The van der Waals surface area contributed by atoms with Crippen LogP contribution in [0.5, 0.6) is 0 Å². The van der Waals surface area contributed by atoms with E-state index in [0.29, 0.717) is 6.61 Å². The SMILES string of the molecule is CC1=C[C@H]([C@@H](CO)NC(=O)OC(C)(C)C)OC1. The Hall–Kier alpha value is -1.07. The first-order chi connectivity index (χ1) is 7.81. The molecule has 0 aliphatic carbocycles. The number of aliphatic hydroxyl groups is 1. The molecule has 2 atom stereocenters. The number of alkyl carbamates (subject to hydrolysis) is 1. The Bertz CT molecular complexity index is 306. The summed E-state index contributed by atoms with van der Waals surface area (Å²) in [6.45, 7) is 7.66. The van der Waals surface area contributed by atoms with Crippen LogP contribution in [0.3, 0.4) is 0 Å². The van der Waals surface area contributed by atoms with Crippen LogP contribution < -0.4 is 5.32 Å². The second-order valence-corrected chi connectivity index (χ2v) is 5.22. The maximum atomic E-state index is 11.5.